The maximum absolute atomic E-state index is 11.7. The van der Waals surface area contributed by atoms with Crippen molar-refractivity contribution in [3.63, 3.8) is 0 Å². The van der Waals surface area contributed by atoms with E-state index in [9.17, 15) is 13.5 Å². The number of hydrogen-bond acceptors (Lipinski definition) is 6. The number of nitrogens with zero attached hydrogens (tertiary/aromatic N) is 1. The molecule has 0 amide bonds. The van der Waals surface area contributed by atoms with Gasteiger partial charge in [0.05, 0.1) is 24.6 Å². The molecule has 0 aliphatic heterocycles. The molecule has 0 fully saturated rings. The molecule has 6 nitrogen and oxygen atoms in total. The average Bonchev–Trinajstić information content (AvgIpc) is 0.925. The van der Waals surface area contributed by atoms with Crippen LogP contribution >= 0.6 is 0 Å². The molecule has 0 aromatic heterocycles. The van der Waals surface area contributed by atoms with Crippen molar-refractivity contribution in [2.45, 2.75) is 567 Å². The molecule has 0 saturated carbocycles. The van der Waals surface area contributed by atoms with Crippen LogP contribution in [0.5, 0.6) is 0 Å². The zero-order valence-electron chi connectivity index (χ0n) is 84.8. The van der Waals surface area contributed by atoms with Crippen molar-refractivity contribution in [1.82, 2.24) is 4.90 Å². The highest BCUT2D eigenvalue weighted by atomic mass is 32.2. The summed E-state index contributed by atoms with van der Waals surface area (Å²) in [5.74, 6) is 0. The van der Waals surface area contributed by atoms with Gasteiger partial charge in [0.25, 0.3) is 10.1 Å². The van der Waals surface area contributed by atoms with Gasteiger partial charge < -0.3 is 14.7 Å². The molecule has 0 saturated heterocycles. The fourth-order valence-electron chi connectivity index (χ4n) is 15.8. The molecule has 1 N–H and O–H groups in total. The van der Waals surface area contributed by atoms with Crippen molar-refractivity contribution in [2.75, 3.05) is 33.5 Å². The van der Waals surface area contributed by atoms with Crippen LogP contribution in [-0.2, 0) is 19.0 Å². The van der Waals surface area contributed by atoms with Crippen LogP contribution < -0.4 is 0 Å². The van der Waals surface area contributed by atoms with Crippen LogP contribution in [0.3, 0.4) is 0 Å². The van der Waals surface area contributed by atoms with E-state index in [1.807, 2.05) is 0 Å². The topological polar surface area (TPSA) is 76.1 Å². The first-order valence-electron chi connectivity index (χ1n) is 54.6. The van der Waals surface area contributed by atoms with Gasteiger partial charge in [-0.25, -0.2) is 0 Å². The minimum atomic E-state index is -3.39. The third-order valence-corrected chi connectivity index (χ3v) is 24.4. The first-order valence-corrected chi connectivity index (χ1v) is 56.4. The van der Waals surface area contributed by atoms with Gasteiger partial charge in [-0.2, -0.15) is 8.42 Å². The SMILES string of the molecule is CCCCC/C=C\C/C=C\CCCCCCCCC(CCCCCCCC/C=C\C/C=C\CCCCC)OCCCN(C)C.CCCCC/C=C\C/C=C\CCCCCCCCC(CCCCCCCC/C=C\C/C=C\CCCCC)OS(C)(=O)=O.CCCCC/C=C\C/C=C\CCCCCCCCC(O)CCCCCCCC/C=C\C/C=C\CCCCC. The number of aliphatic hydroxyl groups excluding tert-OH is 1. The Labute approximate surface area is 778 Å². The van der Waals surface area contributed by atoms with Gasteiger partial charge in [-0.05, 0) is 258 Å². The Hall–Kier alpha value is -3.33. The number of allylic oxidation sites excluding steroid dienone is 24. The molecule has 0 spiro atoms. The van der Waals surface area contributed by atoms with Gasteiger partial charge >= 0.3 is 0 Å². The van der Waals surface area contributed by atoms with Crippen molar-refractivity contribution in [1.29, 1.82) is 0 Å². The maximum Gasteiger partial charge on any atom is 0.264 e. The quantitative estimate of drug-likeness (QED) is 0.0372. The number of unbranched alkanes of at least 4 members (excludes halogenated alkanes) is 54. The minimum Gasteiger partial charge on any atom is -0.393 e. The molecule has 0 rings (SSSR count). The highest BCUT2D eigenvalue weighted by Gasteiger charge is 2.16. The first-order chi connectivity index (χ1) is 61.0. The number of rotatable bonds is 97. The summed E-state index contributed by atoms with van der Waals surface area (Å²) in [5, 5.41) is 10.3. The van der Waals surface area contributed by atoms with Gasteiger partial charge in [-0.3, -0.25) is 4.18 Å². The van der Waals surface area contributed by atoms with E-state index in [0.717, 1.165) is 96.6 Å². The number of ether oxygens (including phenoxy) is 1. The second-order valence-electron chi connectivity index (χ2n) is 37.0. The molecular weight excluding hydrogens is 1530 g/mol. The molecule has 0 aromatic rings. The third-order valence-electron chi connectivity index (χ3n) is 23.8. The summed E-state index contributed by atoms with van der Waals surface area (Å²) >= 11 is 0. The summed E-state index contributed by atoms with van der Waals surface area (Å²) in [6, 6.07) is 0. The first kappa shape index (κ1) is 125. The smallest absolute Gasteiger partial charge is 0.264 e. The summed E-state index contributed by atoms with van der Waals surface area (Å²) in [6.07, 6.45) is 157. The monoisotopic (exact) mass is 1750 g/mol. The van der Waals surface area contributed by atoms with Gasteiger partial charge in [-0.15, -0.1) is 0 Å². The third kappa shape index (κ3) is 121. The molecular formula is C117H217NO5S. The van der Waals surface area contributed by atoms with E-state index >= 15 is 0 Å². The maximum atomic E-state index is 11.7. The average molecular weight is 1750 g/mol. The largest absolute Gasteiger partial charge is 0.393 e. The van der Waals surface area contributed by atoms with Gasteiger partial charge in [0.15, 0.2) is 0 Å². The molecule has 0 heterocycles. The van der Waals surface area contributed by atoms with Gasteiger partial charge in [-0.1, -0.05) is 457 Å². The number of aliphatic hydroxyl groups is 1. The summed E-state index contributed by atoms with van der Waals surface area (Å²) in [7, 11) is 0.929. The van der Waals surface area contributed by atoms with Gasteiger partial charge in [0.2, 0.25) is 0 Å². The van der Waals surface area contributed by atoms with E-state index in [0.29, 0.717) is 6.10 Å². The highest BCUT2D eigenvalue weighted by molar-refractivity contribution is 7.86. The van der Waals surface area contributed by atoms with E-state index in [4.69, 9.17) is 8.92 Å². The van der Waals surface area contributed by atoms with Crippen LogP contribution in [0.4, 0.5) is 0 Å². The Morgan fingerprint density at radius 2 is 0.395 bits per heavy atom. The molecule has 0 atom stereocenters. The Balaban J connectivity index is -0.00000178. The Morgan fingerprint density at radius 3 is 0.581 bits per heavy atom. The van der Waals surface area contributed by atoms with E-state index in [-0.39, 0.29) is 12.2 Å². The van der Waals surface area contributed by atoms with Gasteiger partial charge in [0.1, 0.15) is 0 Å². The lowest BCUT2D eigenvalue weighted by atomic mass is 10.0. The molecule has 124 heavy (non-hydrogen) atoms. The van der Waals surface area contributed by atoms with E-state index < -0.39 is 10.1 Å². The van der Waals surface area contributed by atoms with E-state index in [1.54, 1.807) is 0 Å². The summed E-state index contributed by atoms with van der Waals surface area (Å²) < 4.78 is 35.3. The van der Waals surface area contributed by atoms with Crippen LogP contribution in [0.15, 0.2) is 146 Å². The van der Waals surface area contributed by atoms with Crippen LogP contribution in [0.1, 0.15) is 549 Å². The summed E-state index contributed by atoms with van der Waals surface area (Å²) in [4.78, 5) is 2.27. The molecule has 7 heteroatoms. The Morgan fingerprint density at radius 1 is 0.226 bits per heavy atom. The standard InChI is InChI=1S/C42H79NO.C38H70O3S.C37H68O/c1-5-7-9-11-13-15-17-19-21-23-25-27-29-31-33-35-38-42(44-41-37-40-43(3)4)39-36-34-32-30-28-26-24-22-20-18-16-14-12-10-8-6-2;1-4-6-8-10-12-14-16-18-20-22-24-26-28-30-32-34-36-38(41-42(3,39)40)37-35-33-31-29-27-25-23-21-19-17-15-13-11-9-7-5-2;1-3-5-7-9-11-13-15-17-19-21-23-25-27-29-31-33-35-37(38)36-34-32-30-28-26-24-22-20-18-16-14-12-10-8-6-4-2/h13-16,19-22,42H,5-12,17-18,23-41H2,1-4H3;12-15,18-21,38H,4-11,16-17,22-37H2,1-3H3;11-14,17-20,37-38H,3-10,15-16,21-36H2,1-2H3/b15-13-,16-14-,21-19-,22-20-;14-12-,15-13-,20-18-,21-19-;13-11-,14-12-,19-17-,20-18-. The summed E-state index contributed by atoms with van der Waals surface area (Å²) in [5.41, 5.74) is 0. The molecule has 726 valence electrons. The zero-order valence-corrected chi connectivity index (χ0v) is 85.6. The molecule has 0 aromatic carbocycles. The van der Waals surface area contributed by atoms with Crippen LogP contribution in [0.25, 0.3) is 0 Å². The summed E-state index contributed by atoms with van der Waals surface area (Å²) in [6.45, 7) is 15.6. The second-order valence-corrected chi connectivity index (χ2v) is 38.6. The zero-order chi connectivity index (χ0) is 90.5. The lowest BCUT2D eigenvalue weighted by molar-refractivity contribution is 0.0342. The number of hydrogen-bond donors (Lipinski definition) is 1. The van der Waals surface area contributed by atoms with Gasteiger partial charge in [0, 0.05) is 6.61 Å². The van der Waals surface area contributed by atoms with Crippen molar-refractivity contribution in [3.05, 3.63) is 146 Å². The van der Waals surface area contributed by atoms with Crippen LogP contribution in [0, 0.1) is 0 Å². The molecule has 0 aliphatic carbocycles. The van der Waals surface area contributed by atoms with Crippen molar-refractivity contribution >= 4 is 10.1 Å². The highest BCUT2D eigenvalue weighted by Crippen LogP contribution is 2.23. The fraction of sp³-hybridized carbons (Fsp3) is 0.795. The van der Waals surface area contributed by atoms with E-state index in [2.05, 4.69) is 206 Å². The molecule has 0 aliphatic rings. The second kappa shape index (κ2) is 114. The molecule has 0 radical (unpaired) electrons. The van der Waals surface area contributed by atoms with E-state index in [1.165, 1.54) is 430 Å². The fourth-order valence-corrected chi connectivity index (χ4v) is 16.4. The molecule has 0 bridgehead atoms. The van der Waals surface area contributed by atoms with Crippen LogP contribution in [-0.4, -0.2) is 70.2 Å². The minimum absolute atomic E-state index is 0.0633. The van der Waals surface area contributed by atoms with Crippen molar-refractivity contribution in [3.8, 4) is 0 Å². The lowest BCUT2D eigenvalue weighted by Crippen LogP contribution is -2.18. The predicted octanol–water partition coefficient (Wildman–Crippen LogP) is 39.2. The van der Waals surface area contributed by atoms with Crippen molar-refractivity contribution < 1.29 is 22.4 Å². The lowest BCUT2D eigenvalue weighted by Gasteiger charge is -2.19. The Bertz CT molecular complexity index is 2350. The normalized spacial score (nSPS) is 12.7. The van der Waals surface area contributed by atoms with Crippen molar-refractivity contribution in [2.24, 2.45) is 0 Å². The predicted molar refractivity (Wildman–Crippen MR) is 562 cm³/mol. The Kier molecular flexibility index (Phi) is 115. The molecule has 0 unspecified atom stereocenters. The van der Waals surface area contributed by atoms with Crippen LogP contribution in [0.2, 0.25) is 0 Å².